The molecule has 5 aromatic carbocycles. The minimum Gasteiger partial charge on any atom is -0.319 e. The molecular formula is C36H25N4OPtS-. The summed E-state index contributed by atoms with van der Waals surface area (Å²) in [6.45, 7) is 2.09. The predicted molar refractivity (Wildman–Crippen MR) is 170 cm³/mol. The molecule has 0 bridgehead atoms. The number of para-hydroxylation sites is 4. The molecule has 0 spiro atoms. The number of fused-ring (bicyclic) bond motifs is 4. The van der Waals surface area contributed by atoms with Gasteiger partial charge >= 0.3 is 0 Å². The molecule has 0 radical (unpaired) electrons. The van der Waals surface area contributed by atoms with Crippen molar-refractivity contribution in [3.8, 4) is 5.82 Å². The topological polar surface area (TPSA) is 37.1 Å². The molecule has 7 heteroatoms. The van der Waals surface area contributed by atoms with Crippen LogP contribution < -0.4 is 10.1 Å². The van der Waals surface area contributed by atoms with Crippen molar-refractivity contribution in [2.24, 2.45) is 0 Å². The molecule has 0 saturated heterocycles. The van der Waals surface area contributed by atoms with Crippen molar-refractivity contribution < 1.29 is 26.0 Å². The molecule has 3 heterocycles. The van der Waals surface area contributed by atoms with E-state index in [4.69, 9.17) is 9.92 Å². The summed E-state index contributed by atoms with van der Waals surface area (Å²) < 4.78 is 2.21. The maximum atomic E-state index is 4.97. The van der Waals surface area contributed by atoms with Gasteiger partial charge in [0.2, 0.25) is 0 Å². The standard InChI is InChI=1S/C36H24N4OS.Pt/c1-25-20-21-37-36(22-25)38-32-15-6-5-14-30(32)31-19-18-29(24-35(31)38)42-28-13-9-12-27(23-28)40-34-17-8-7-16-33(34)39(41-40)26-10-3-2-4-11-26;/h2-22H,1H3;/q-2;/p+1. The summed E-state index contributed by atoms with van der Waals surface area (Å²) in [6.07, 6.45) is 1.87. The molecule has 1 aliphatic heterocycles. The third-order valence-electron chi connectivity index (χ3n) is 7.41. The molecule has 1 N–H and O–H groups in total. The first-order chi connectivity index (χ1) is 20.7. The Bertz CT molecular complexity index is 2100. The number of anilines is 4. The molecule has 212 valence electrons. The number of aromatic nitrogens is 2. The zero-order valence-electron chi connectivity index (χ0n) is 23.1. The smallest absolute Gasteiger partial charge is 0.148 e. The summed E-state index contributed by atoms with van der Waals surface area (Å²) in [5.74, 6) is 0.894. The summed E-state index contributed by atoms with van der Waals surface area (Å²) in [4.78, 5) is 11.7. The van der Waals surface area contributed by atoms with Crippen LogP contribution in [0.1, 0.15) is 5.56 Å². The molecule has 0 saturated carbocycles. The molecule has 8 rings (SSSR count). The second-order valence-corrected chi connectivity index (χ2v) is 11.3. The van der Waals surface area contributed by atoms with E-state index >= 15 is 0 Å². The van der Waals surface area contributed by atoms with Crippen LogP contribution in [0.5, 0.6) is 0 Å². The summed E-state index contributed by atoms with van der Waals surface area (Å²) in [5, 5.41) is 6.28. The van der Waals surface area contributed by atoms with Crippen LogP contribution in [-0.2, 0) is 21.1 Å². The summed E-state index contributed by atoms with van der Waals surface area (Å²) in [5.41, 5.74) is 7.24. The van der Waals surface area contributed by atoms with Crippen LogP contribution in [0.25, 0.3) is 27.6 Å². The Morgan fingerprint density at radius 1 is 0.674 bits per heavy atom. The fourth-order valence-corrected chi connectivity index (χ4v) is 6.32. The SMILES string of the molecule is Cc1ccnc(-n2c3[c-]c(Sc4[c-]c(N5[OH+]N(c6ccccc6)c6ccccc65)ccc4)ccc3c3ccccc32)c1.[Pt]. The van der Waals surface area contributed by atoms with Gasteiger partial charge in [0.05, 0.1) is 0 Å². The Hall–Kier alpha value is -4.35. The van der Waals surface area contributed by atoms with Crippen LogP contribution >= 0.6 is 11.8 Å². The van der Waals surface area contributed by atoms with E-state index in [1.165, 1.54) is 10.9 Å². The Balaban J connectivity index is 0.00000300. The summed E-state index contributed by atoms with van der Waals surface area (Å²) in [6, 6.07) is 48.9. The minimum absolute atomic E-state index is 0. The van der Waals surface area contributed by atoms with Crippen molar-refractivity contribution in [2.75, 3.05) is 10.1 Å². The van der Waals surface area contributed by atoms with Gasteiger partial charge in [0.25, 0.3) is 0 Å². The van der Waals surface area contributed by atoms with Gasteiger partial charge in [0, 0.05) is 38.5 Å². The third kappa shape index (κ3) is 4.92. The van der Waals surface area contributed by atoms with Crippen molar-refractivity contribution >= 4 is 56.3 Å². The predicted octanol–water partition coefficient (Wildman–Crippen LogP) is 9.37. The molecule has 0 amide bonds. The average molecular weight is 757 g/mol. The van der Waals surface area contributed by atoms with Gasteiger partial charge in [-0.15, -0.1) is 50.2 Å². The van der Waals surface area contributed by atoms with Gasteiger partial charge in [-0.3, -0.25) is 0 Å². The Morgan fingerprint density at radius 2 is 1.42 bits per heavy atom. The number of benzene rings is 5. The fourth-order valence-electron chi connectivity index (χ4n) is 5.50. The zero-order valence-corrected chi connectivity index (χ0v) is 26.2. The van der Waals surface area contributed by atoms with Gasteiger partial charge in [-0.1, -0.05) is 59.1 Å². The van der Waals surface area contributed by atoms with Gasteiger partial charge < -0.3 is 4.57 Å². The number of aryl methyl sites for hydroxylation is 1. The maximum absolute atomic E-state index is 4.97. The van der Waals surface area contributed by atoms with Gasteiger partial charge in [-0.05, 0) is 60.3 Å². The molecule has 1 aliphatic rings. The molecule has 43 heavy (non-hydrogen) atoms. The minimum atomic E-state index is 0. The van der Waals surface area contributed by atoms with Crippen LogP contribution in [0.2, 0.25) is 0 Å². The normalized spacial score (nSPS) is 12.5. The van der Waals surface area contributed by atoms with Crippen LogP contribution in [0.15, 0.2) is 137 Å². The zero-order chi connectivity index (χ0) is 28.0. The van der Waals surface area contributed by atoms with E-state index in [1.807, 2.05) is 58.8 Å². The molecule has 0 atom stereocenters. The van der Waals surface area contributed by atoms with Crippen LogP contribution in [-0.4, -0.2) is 14.5 Å². The largest absolute Gasteiger partial charge is 0.319 e. The molecule has 0 fully saturated rings. The first-order valence-electron chi connectivity index (χ1n) is 13.8. The van der Waals surface area contributed by atoms with Gasteiger partial charge in [0.15, 0.2) is 0 Å². The van der Waals surface area contributed by atoms with Crippen LogP contribution in [0.3, 0.4) is 0 Å². The molecular weight excluding hydrogens is 732 g/mol. The van der Waals surface area contributed by atoms with E-state index < -0.39 is 0 Å². The van der Waals surface area contributed by atoms with Crippen molar-refractivity contribution in [2.45, 2.75) is 16.7 Å². The van der Waals surface area contributed by atoms with Gasteiger partial charge in [0.1, 0.15) is 22.9 Å². The fraction of sp³-hybridized carbons (Fsp3) is 0.0278. The molecule has 0 aliphatic carbocycles. The van der Waals surface area contributed by atoms with Crippen LogP contribution in [0, 0.1) is 19.1 Å². The number of pyridine rings is 1. The number of nitrogens with zero attached hydrogens (tertiary/aromatic N) is 4. The first kappa shape index (κ1) is 27.5. The van der Waals surface area contributed by atoms with E-state index in [2.05, 4.69) is 102 Å². The van der Waals surface area contributed by atoms with Crippen molar-refractivity contribution in [1.82, 2.24) is 9.55 Å². The Labute approximate surface area is 268 Å². The second kappa shape index (κ2) is 11.4. The summed E-state index contributed by atoms with van der Waals surface area (Å²) >= 11 is 1.64. The molecule has 5 nitrogen and oxygen atoms in total. The average Bonchev–Trinajstić information content (AvgIpc) is 3.58. The van der Waals surface area contributed by atoms with Gasteiger partial charge in [-0.2, -0.15) is 29.2 Å². The third-order valence-corrected chi connectivity index (χ3v) is 8.32. The number of rotatable bonds is 5. The van der Waals surface area contributed by atoms with E-state index in [-0.39, 0.29) is 21.1 Å². The Morgan fingerprint density at radius 3 is 2.26 bits per heavy atom. The summed E-state index contributed by atoms with van der Waals surface area (Å²) in [7, 11) is 0. The van der Waals surface area contributed by atoms with Gasteiger partial charge in [-0.25, -0.2) is 4.98 Å². The Kier molecular flexibility index (Phi) is 7.27. The quantitative estimate of drug-likeness (QED) is 0.130. The van der Waals surface area contributed by atoms with E-state index in [0.717, 1.165) is 54.8 Å². The maximum Gasteiger partial charge on any atom is 0.148 e. The first-order valence-corrected chi connectivity index (χ1v) is 14.6. The van der Waals surface area contributed by atoms with E-state index in [1.54, 1.807) is 11.8 Å². The second-order valence-electron chi connectivity index (χ2n) is 10.2. The monoisotopic (exact) mass is 756 g/mol. The van der Waals surface area contributed by atoms with Crippen molar-refractivity contribution in [1.29, 1.82) is 0 Å². The molecule has 7 aromatic rings. The number of hydrogen-bond donors (Lipinski definition) is 0. The van der Waals surface area contributed by atoms with Crippen molar-refractivity contribution in [3.05, 3.63) is 145 Å². The van der Waals surface area contributed by atoms with Crippen LogP contribution in [0.4, 0.5) is 22.7 Å². The number of hydrogen-bond acceptors (Lipinski definition) is 4. The van der Waals surface area contributed by atoms with Crippen molar-refractivity contribution in [3.63, 3.8) is 0 Å². The van der Waals surface area contributed by atoms with E-state index in [9.17, 15) is 0 Å². The molecule has 2 aromatic heterocycles. The molecule has 0 unspecified atom stereocenters. The van der Waals surface area contributed by atoms with E-state index in [0.29, 0.717) is 0 Å².